The van der Waals surface area contributed by atoms with Crippen LogP contribution >= 0.6 is 12.4 Å². The van der Waals surface area contributed by atoms with Gasteiger partial charge in [0.2, 0.25) is 0 Å². The SMILES string of the molecule is CNC(=O)c1cc(-c2ncc(-c3cn[nH]c3)c3onc(N)c23)ccc1N.Cl. The molecule has 0 unspecified atom stereocenters. The first-order valence-electron chi connectivity index (χ1n) is 7.75. The molecule has 0 aliphatic carbocycles. The van der Waals surface area contributed by atoms with Crippen LogP contribution in [0.1, 0.15) is 10.4 Å². The number of aromatic nitrogens is 4. The highest BCUT2D eigenvalue weighted by atomic mass is 35.5. The molecule has 3 aromatic heterocycles. The summed E-state index contributed by atoms with van der Waals surface area (Å²) in [6, 6.07) is 5.09. The Morgan fingerprint density at radius 1 is 1.22 bits per heavy atom. The van der Waals surface area contributed by atoms with Crippen molar-refractivity contribution in [1.29, 1.82) is 0 Å². The van der Waals surface area contributed by atoms with Crippen LogP contribution in [0.25, 0.3) is 33.4 Å². The molecule has 0 radical (unpaired) electrons. The van der Waals surface area contributed by atoms with Crippen LogP contribution in [0.5, 0.6) is 0 Å². The number of fused-ring (bicyclic) bond motifs is 1. The Morgan fingerprint density at radius 2 is 2.04 bits per heavy atom. The molecular formula is C17H16ClN7O2. The maximum Gasteiger partial charge on any atom is 0.253 e. The number of amides is 1. The Hall–Kier alpha value is -3.59. The van der Waals surface area contributed by atoms with Crippen molar-refractivity contribution in [3.63, 3.8) is 0 Å². The van der Waals surface area contributed by atoms with Gasteiger partial charge in [0.1, 0.15) is 0 Å². The monoisotopic (exact) mass is 385 g/mol. The number of H-pyrrole nitrogens is 1. The first-order valence-corrected chi connectivity index (χ1v) is 7.75. The first-order chi connectivity index (χ1) is 12.6. The highest BCUT2D eigenvalue weighted by Gasteiger charge is 2.20. The van der Waals surface area contributed by atoms with Crippen molar-refractivity contribution in [2.45, 2.75) is 0 Å². The second kappa shape index (κ2) is 6.96. The zero-order valence-electron chi connectivity index (χ0n) is 14.2. The molecule has 0 aliphatic heterocycles. The van der Waals surface area contributed by atoms with E-state index in [9.17, 15) is 4.79 Å². The van der Waals surface area contributed by atoms with Crippen LogP contribution in [-0.2, 0) is 0 Å². The normalized spacial score (nSPS) is 10.6. The number of nitrogens with two attached hydrogens (primary N) is 2. The number of carbonyl (C=O) groups is 1. The number of nitrogen functional groups attached to an aromatic ring is 2. The van der Waals surface area contributed by atoms with Crippen LogP contribution in [0.4, 0.5) is 11.5 Å². The summed E-state index contributed by atoms with van der Waals surface area (Å²) >= 11 is 0. The Bertz CT molecular complexity index is 1120. The Labute approximate surface area is 159 Å². The molecule has 10 heteroatoms. The Balaban J connectivity index is 0.00000210. The third-order valence-corrected chi connectivity index (χ3v) is 4.13. The molecule has 27 heavy (non-hydrogen) atoms. The van der Waals surface area contributed by atoms with E-state index in [0.717, 1.165) is 5.56 Å². The van der Waals surface area contributed by atoms with Crippen LogP contribution < -0.4 is 16.8 Å². The summed E-state index contributed by atoms with van der Waals surface area (Å²) in [5, 5.41) is 13.7. The van der Waals surface area contributed by atoms with Gasteiger partial charge in [0.15, 0.2) is 11.4 Å². The van der Waals surface area contributed by atoms with Crippen LogP contribution in [0.3, 0.4) is 0 Å². The molecule has 4 rings (SSSR count). The molecule has 0 atom stereocenters. The standard InChI is InChI=1S/C17H15N7O2.ClH/c1-20-17(25)10-4-8(2-3-12(10)18)14-13-15(26-24-16(13)19)11(7-21-14)9-5-22-23-6-9;/h2-7H,18H2,1H3,(H2,19,24)(H,20,25)(H,22,23);1H. The molecule has 6 N–H and O–H groups in total. The molecule has 1 amide bonds. The summed E-state index contributed by atoms with van der Waals surface area (Å²) in [5.74, 6) is -0.0694. The van der Waals surface area contributed by atoms with Gasteiger partial charge in [0, 0.05) is 41.8 Å². The third-order valence-electron chi connectivity index (χ3n) is 4.13. The fourth-order valence-corrected chi connectivity index (χ4v) is 2.82. The molecule has 3 heterocycles. The molecular weight excluding hydrogens is 370 g/mol. The fourth-order valence-electron chi connectivity index (χ4n) is 2.82. The largest absolute Gasteiger partial charge is 0.398 e. The van der Waals surface area contributed by atoms with Gasteiger partial charge in [-0.25, -0.2) is 0 Å². The topological polar surface area (TPSA) is 149 Å². The molecule has 0 spiro atoms. The van der Waals surface area contributed by atoms with Gasteiger partial charge in [0.25, 0.3) is 5.91 Å². The predicted molar refractivity (Wildman–Crippen MR) is 104 cm³/mol. The summed E-state index contributed by atoms with van der Waals surface area (Å²) in [4.78, 5) is 16.6. The maximum atomic E-state index is 12.0. The highest BCUT2D eigenvalue weighted by molar-refractivity contribution is 6.06. The van der Waals surface area contributed by atoms with Gasteiger partial charge >= 0.3 is 0 Å². The minimum Gasteiger partial charge on any atom is -0.398 e. The lowest BCUT2D eigenvalue weighted by atomic mass is 10.0. The van der Waals surface area contributed by atoms with E-state index in [4.69, 9.17) is 16.0 Å². The van der Waals surface area contributed by atoms with E-state index in [1.54, 1.807) is 43.8 Å². The average molecular weight is 386 g/mol. The van der Waals surface area contributed by atoms with Gasteiger partial charge in [-0.05, 0) is 12.1 Å². The summed E-state index contributed by atoms with van der Waals surface area (Å²) in [6.45, 7) is 0. The number of aromatic amines is 1. The summed E-state index contributed by atoms with van der Waals surface area (Å²) < 4.78 is 5.43. The average Bonchev–Trinajstić information content (AvgIpc) is 3.32. The van der Waals surface area contributed by atoms with Gasteiger partial charge in [0.05, 0.1) is 22.8 Å². The van der Waals surface area contributed by atoms with E-state index >= 15 is 0 Å². The molecule has 0 saturated carbocycles. The van der Waals surface area contributed by atoms with E-state index < -0.39 is 0 Å². The van der Waals surface area contributed by atoms with Crippen molar-refractivity contribution in [2.75, 3.05) is 18.5 Å². The van der Waals surface area contributed by atoms with Crippen LogP contribution in [-0.4, -0.2) is 33.3 Å². The second-order valence-corrected chi connectivity index (χ2v) is 5.66. The van der Waals surface area contributed by atoms with E-state index in [-0.39, 0.29) is 24.1 Å². The van der Waals surface area contributed by atoms with Crippen molar-refractivity contribution < 1.29 is 9.32 Å². The van der Waals surface area contributed by atoms with Crippen LogP contribution in [0.15, 0.2) is 41.3 Å². The zero-order valence-corrected chi connectivity index (χ0v) is 15.0. The lowest BCUT2D eigenvalue weighted by molar-refractivity contribution is 0.0964. The van der Waals surface area contributed by atoms with Crippen molar-refractivity contribution in [1.82, 2.24) is 25.7 Å². The van der Waals surface area contributed by atoms with E-state index in [2.05, 4.69) is 25.7 Å². The Morgan fingerprint density at radius 3 is 2.74 bits per heavy atom. The van der Waals surface area contributed by atoms with Gasteiger partial charge in [-0.15, -0.1) is 12.4 Å². The van der Waals surface area contributed by atoms with Gasteiger partial charge < -0.3 is 21.3 Å². The number of anilines is 2. The summed E-state index contributed by atoms with van der Waals surface area (Å²) in [6.07, 6.45) is 5.03. The van der Waals surface area contributed by atoms with E-state index in [0.29, 0.717) is 39.0 Å². The zero-order chi connectivity index (χ0) is 18.3. The molecule has 138 valence electrons. The van der Waals surface area contributed by atoms with Crippen LogP contribution in [0.2, 0.25) is 0 Å². The number of rotatable bonds is 3. The molecule has 0 saturated heterocycles. The highest BCUT2D eigenvalue weighted by Crippen LogP contribution is 2.37. The van der Waals surface area contributed by atoms with E-state index in [1.165, 1.54) is 0 Å². The first kappa shape index (κ1) is 18.2. The Kier molecular flexibility index (Phi) is 4.70. The molecule has 4 aromatic rings. The number of pyridine rings is 1. The fraction of sp³-hybridized carbons (Fsp3) is 0.0588. The molecule has 0 aliphatic rings. The van der Waals surface area contributed by atoms with Crippen molar-refractivity contribution in [2.24, 2.45) is 0 Å². The smallest absolute Gasteiger partial charge is 0.253 e. The number of nitrogens with one attached hydrogen (secondary N) is 2. The summed E-state index contributed by atoms with van der Waals surface area (Å²) in [7, 11) is 1.54. The molecule has 0 bridgehead atoms. The number of carbonyl (C=O) groups excluding carboxylic acids is 1. The minimum absolute atomic E-state index is 0. The van der Waals surface area contributed by atoms with Crippen molar-refractivity contribution >= 4 is 40.8 Å². The molecule has 9 nitrogen and oxygen atoms in total. The third kappa shape index (κ3) is 2.93. The quantitative estimate of drug-likeness (QED) is 0.395. The lowest BCUT2D eigenvalue weighted by Crippen LogP contribution is -2.19. The number of hydrogen-bond acceptors (Lipinski definition) is 7. The summed E-state index contributed by atoms with van der Waals surface area (Å²) in [5.41, 5.74) is 15.9. The van der Waals surface area contributed by atoms with Crippen molar-refractivity contribution in [3.05, 3.63) is 42.4 Å². The van der Waals surface area contributed by atoms with Gasteiger partial charge in [-0.3, -0.25) is 14.9 Å². The van der Waals surface area contributed by atoms with Crippen LogP contribution in [0, 0.1) is 0 Å². The second-order valence-electron chi connectivity index (χ2n) is 5.66. The minimum atomic E-state index is -0.283. The van der Waals surface area contributed by atoms with Gasteiger partial charge in [-0.1, -0.05) is 11.2 Å². The number of nitrogens with zero attached hydrogens (tertiary/aromatic N) is 3. The number of hydrogen-bond donors (Lipinski definition) is 4. The van der Waals surface area contributed by atoms with Crippen molar-refractivity contribution in [3.8, 4) is 22.4 Å². The number of benzene rings is 1. The molecule has 0 fully saturated rings. The molecule has 1 aromatic carbocycles. The van der Waals surface area contributed by atoms with Gasteiger partial charge in [-0.2, -0.15) is 5.10 Å². The predicted octanol–water partition coefficient (Wildman–Crippen LogP) is 2.23. The number of halogens is 1. The maximum absolute atomic E-state index is 12.0. The van der Waals surface area contributed by atoms with E-state index in [1.807, 2.05) is 0 Å². The lowest BCUT2D eigenvalue weighted by Gasteiger charge is -2.09.